The largest absolute Gasteiger partial charge is 0.317 e. The maximum absolute atomic E-state index is 11.5. The van der Waals surface area contributed by atoms with Gasteiger partial charge in [-0.3, -0.25) is 9.11 Å². The summed E-state index contributed by atoms with van der Waals surface area (Å²) in [5.74, 6) is 0. The quantitative estimate of drug-likeness (QED) is 0.246. The minimum atomic E-state index is -4.55. The van der Waals surface area contributed by atoms with Crippen molar-refractivity contribution in [2.24, 2.45) is 0 Å². The van der Waals surface area contributed by atoms with Crippen LogP contribution in [0, 0.1) is 0 Å². The molecule has 26 heavy (non-hydrogen) atoms. The van der Waals surface area contributed by atoms with Gasteiger partial charge in [0.05, 0.1) is 0 Å². The zero-order valence-corrected chi connectivity index (χ0v) is 17.8. The molecule has 0 aromatic heterocycles. The van der Waals surface area contributed by atoms with Crippen LogP contribution in [0.15, 0.2) is 0 Å². The summed E-state index contributed by atoms with van der Waals surface area (Å²) < 4.78 is 64.1. The van der Waals surface area contributed by atoms with Gasteiger partial charge in [-0.25, -0.2) is 0 Å². The average Bonchev–Trinajstić information content (AvgIpc) is 2.52. The minimum Gasteiger partial charge on any atom is -0.317 e. The molecule has 3 N–H and O–H groups in total. The minimum absolute atomic E-state index is 0.0610. The van der Waals surface area contributed by atoms with Crippen molar-refractivity contribution >= 4 is 20.2 Å². The maximum atomic E-state index is 11.5. The van der Waals surface area contributed by atoms with Crippen molar-refractivity contribution < 1.29 is 25.9 Å². The van der Waals surface area contributed by atoms with Crippen molar-refractivity contribution in [3.05, 3.63) is 0 Å². The van der Waals surface area contributed by atoms with E-state index in [9.17, 15) is 25.9 Å². The van der Waals surface area contributed by atoms with E-state index in [4.69, 9.17) is 0 Å². The van der Waals surface area contributed by atoms with Gasteiger partial charge < -0.3 is 5.32 Å². The highest BCUT2D eigenvalue weighted by Gasteiger charge is 2.38. The molecule has 7 nitrogen and oxygen atoms in total. The lowest BCUT2D eigenvalue weighted by Gasteiger charge is -2.21. The van der Waals surface area contributed by atoms with E-state index in [2.05, 4.69) is 12.2 Å². The molecule has 0 aliphatic heterocycles. The summed E-state index contributed by atoms with van der Waals surface area (Å²) >= 11 is 0. The van der Waals surface area contributed by atoms with Gasteiger partial charge in [0.2, 0.25) is 0 Å². The third-order valence-corrected chi connectivity index (χ3v) is 7.57. The monoisotopic (exact) mass is 415 g/mol. The zero-order valence-electron chi connectivity index (χ0n) is 16.2. The van der Waals surface area contributed by atoms with E-state index in [1.165, 1.54) is 51.9 Å². The van der Waals surface area contributed by atoms with Crippen molar-refractivity contribution in [1.82, 2.24) is 5.32 Å². The molecule has 0 heterocycles. The highest BCUT2D eigenvalue weighted by Crippen LogP contribution is 2.19. The maximum Gasteiger partial charge on any atom is 0.269 e. The van der Waals surface area contributed by atoms with Crippen molar-refractivity contribution in [2.75, 3.05) is 13.1 Å². The number of nitrogens with one attached hydrogen (secondary N) is 1. The van der Waals surface area contributed by atoms with Gasteiger partial charge in [-0.1, -0.05) is 65.2 Å². The van der Waals surface area contributed by atoms with E-state index in [-0.39, 0.29) is 19.4 Å². The number of unbranched alkanes of at least 4 members (excludes halogenated alkanes) is 8. The first-order valence-electron chi connectivity index (χ1n) is 9.77. The van der Waals surface area contributed by atoms with E-state index in [0.29, 0.717) is 0 Å². The first kappa shape index (κ1) is 25.8. The zero-order chi connectivity index (χ0) is 20.1. The van der Waals surface area contributed by atoms with Crippen LogP contribution in [0.4, 0.5) is 0 Å². The van der Waals surface area contributed by atoms with Crippen LogP contribution >= 0.6 is 0 Å². The summed E-state index contributed by atoms with van der Waals surface area (Å²) in [6.45, 7) is 4.66. The van der Waals surface area contributed by atoms with Crippen LogP contribution in [0.3, 0.4) is 0 Å². The van der Waals surface area contributed by atoms with E-state index >= 15 is 0 Å². The topological polar surface area (TPSA) is 121 Å². The standard InChI is InChI=1S/C17H37NO6S2/c1-3-5-6-7-8-9-10-11-12-14-18-15-13-17(26(22,23)24)16(4-2)25(19,20)21/h16-18H,3-15H2,1-2H3,(H,19,20,21)(H,22,23,24). The van der Waals surface area contributed by atoms with Crippen molar-refractivity contribution in [2.45, 2.75) is 95.0 Å². The lowest BCUT2D eigenvalue weighted by Crippen LogP contribution is -2.41. The molecule has 0 bridgehead atoms. The normalized spacial score (nSPS) is 15.1. The second-order valence-corrected chi connectivity index (χ2v) is 10.2. The molecular weight excluding hydrogens is 378 g/mol. The van der Waals surface area contributed by atoms with Gasteiger partial charge in [0.1, 0.15) is 10.5 Å². The molecule has 0 aliphatic rings. The first-order chi connectivity index (χ1) is 12.1. The Labute approximate surface area is 159 Å². The third kappa shape index (κ3) is 12.2. The molecule has 0 spiro atoms. The fourth-order valence-corrected chi connectivity index (χ4v) is 5.90. The van der Waals surface area contributed by atoms with Crippen LogP contribution in [0.25, 0.3) is 0 Å². The second kappa shape index (κ2) is 13.9. The van der Waals surface area contributed by atoms with Crippen LogP contribution in [-0.2, 0) is 20.2 Å². The summed E-state index contributed by atoms with van der Waals surface area (Å²) in [4.78, 5) is 0. The Kier molecular flexibility index (Phi) is 13.8. The fraction of sp³-hybridized carbons (Fsp3) is 1.00. The smallest absolute Gasteiger partial charge is 0.269 e. The Bertz CT molecular complexity index is 548. The SMILES string of the molecule is CCCCCCCCCCCNCCC(C(CC)S(=O)(=O)O)S(=O)(=O)O. The third-order valence-electron chi connectivity index (χ3n) is 4.64. The number of hydrogen-bond donors (Lipinski definition) is 3. The molecule has 9 heteroatoms. The lowest BCUT2D eigenvalue weighted by molar-refractivity contribution is 0.425. The molecule has 0 aromatic rings. The van der Waals surface area contributed by atoms with Gasteiger partial charge in [0, 0.05) is 0 Å². The molecule has 0 aromatic carbocycles. The Morgan fingerprint density at radius 1 is 0.692 bits per heavy atom. The molecule has 0 aliphatic carbocycles. The average molecular weight is 416 g/mol. The van der Waals surface area contributed by atoms with Crippen LogP contribution < -0.4 is 5.32 Å². The van der Waals surface area contributed by atoms with Crippen molar-refractivity contribution in [1.29, 1.82) is 0 Å². The fourth-order valence-electron chi connectivity index (χ4n) is 3.12. The Morgan fingerprint density at radius 2 is 1.15 bits per heavy atom. The molecule has 2 unspecified atom stereocenters. The molecule has 158 valence electrons. The van der Waals surface area contributed by atoms with E-state index < -0.39 is 30.7 Å². The molecule has 0 radical (unpaired) electrons. The van der Waals surface area contributed by atoms with E-state index in [0.717, 1.165) is 19.4 Å². The van der Waals surface area contributed by atoms with Gasteiger partial charge in [0.25, 0.3) is 20.2 Å². The molecule has 0 saturated heterocycles. The molecule has 0 rings (SSSR count). The highest BCUT2D eigenvalue weighted by molar-refractivity contribution is 7.90. The Morgan fingerprint density at radius 3 is 1.58 bits per heavy atom. The molecule has 2 atom stereocenters. The number of hydrogen-bond acceptors (Lipinski definition) is 5. The second-order valence-electron chi connectivity index (χ2n) is 6.88. The summed E-state index contributed by atoms with van der Waals surface area (Å²) in [6.07, 6.45) is 10.8. The molecule has 0 fully saturated rings. The first-order valence-corrected chi connectivity index (χ1v) is 12.8. The van der Waals surface area contributed by atoms with Crippen LogP contribution in [-0.4, -0.2) is 49.5 Å². The van der Waals surface area contributed by atoms with Gasteiger partial charge in [-0.2, -0.15) is 16.8 Å². The van der Waals surface area contributed by atoms with Crippen molar-refractivity contribution in [3.8, 4) is 0 Å². The highest BCUT2D eigenvalue weighted by atomic mass is 32.2. The lowest BCUT2D eigenvalue weighted by atomic mass is 10.1. The molecule has 0 amide bonds. The summed E-state index contributed by atoms with van der Waals surface area (Å²) in [5, 5.41) is 0.0621. The number of rotatable bonds is 17. The van der Waals surface area contributed by atoms with E-state index in [1.54, 1.807) is 0 Å². The van der Waals surface area contributed by atoms with Gasteiger partial charge in [-0.15, -0.1) is 0 Å². The molecular formula is C17H37NO6S2. The van der Waals surface area contributed by atoms with Crippen LogP contribution in [0.5, 0.6) is 0 Å². The van der Waals surface area contributed by atoms with Gasteiger partial charge >= 0.3 is 0 Å². The van der Waals surface area contributed by atoms with Crippen LogP contribution in [0.2, 0.25) is 0 Å². The molecule has 0 saturated carbocycles. The van der Waals surface area contributed by atoms with Crippen molar-refractivity contribution in [3.63, 3.8) is 0 Å². The van der Waals surface area contributed by atoms with Gasteiger partial charge in [-0.05, 0) is 32.4 Å². The Hall–Kier alpha value is -0.220. The predicted molar refractivity (Wildman–Crippen MR) is 106 cm³/mol. The van der Waals surface area contributed by atoms with E-state index in [1.807, 2.05) is 0 Å². The van der Waals surface area contributed by atoms with Gasteiger partial charge in [0.15, 0.2) is 0 Å². The summed E-state index contributed by atoms with van der Waals surface area (Å²) in [6, 6.07) is 0. The Balaban J connectivity index is 3.98. The van der Waals surface area contributed by atoms with Crippen LogP contribution in [0.1, 0.15) is 84.5 Å². The predicted octanol–water partition coefficient (Wildman–Crippen LogP) is 3.42. The summed E-state index contributed by atoms with van der Waals surface area (Å²) in [5.41, 5.74) is 0. The summed E-state index contributed by atoms with van der Waals surface area (Å²) in [7, 11) is -9.08.